The third kappa shape index (κ3) is 3.82. The highest BCUT2D eigenvalue weighted by Crippen LogP contribution is 2.38. The van der Waals surface area contributed by atoms with Gasteiger partial charge in [0, 0.05) is 5.92 Å². The molecule has 1 heterocycles. The van der Waals surface area contributed by atoms with Crippen LogP contribution in [0.3, 0.4) is 0 Å². The molecule has 2 aromatic rings. The number of fused-ring (bicyclic) bond motifs is 1. The Kier molecular flexibility index (Phi) is 5.66. The number of rotatable bonds is 8. The third-order valence-corrected chi connectivity index (χ3v) is 4.27. The molecule has 25 heavy (non-hydrogen) atoms. The molecule has 0 radical (unpaired) electrons. The van der Waals surface area contributed by atoms with Gasteiger partial charge >= 0.3 is 0 Å². The fourth-order valence-electron chi connectivity index (χ4n) is 3.07. The van der Waals surface area contributed by atoms with Gasteiger partial charge in [-0.1, -0.05) is 18.2 Å². The molecule has 1 aliphatic rings. The van der Waals surface area contributed by atoms with Gasteiger partial charge < -0.3 is 24.7 Å². The van der Waals surface area contributed by atoms with E-state index in [0.29, 0.717) is 19.8 Å². The van der Waals surface area contributed by atoms with Crippen LogP contribution < -0.4 is 24.7 Å². The highest BCUT2D eigenvalue weighted by molar-refractivity contribution is 5.49. The van der Waals surface area contributed by atoms with E-state index in [-0.39, 0.29) is 12.7 Å². The van der Waals surface area contributed by atoms with Gasteiger partial charge in [-0.2, -0.15) is 0 Å². The molecule has 0 amide bonds. The van der Waals surface area contributed by atoms with E-state index in [4.69, 9.17) is 24.7 Å². The number of nitrogens with two attached hydrogens (primary N) is 1. The van der Waals surface area contributed by atoms with E-state index < -0.39 is 0 Å². The maximum Gasteiger partial charge on any atom is 0.231 e. The highest BCUT2D eigenvalue weighted by atomic mass is 16.7. The second-order valence-electron chi connectivity index (χ2n) is 5.86. The first kappa shape index (κ1) is 17.4. The largest absolute Gasteiger partial charge is 0.490 e. The van der Waals surface area contributed by atoms with Crippen molar-refractivity contribution >= 4 is 0 Å². The van der Waals surface area contributed by atoms with Crippen LogP contribution in [0.5, 0.6) is 23.0 Å². The minimum absolute atomic E-state index is 0.158. The molecule has 2 aromatic carbocycles. The van der Waals surface area contributed by atoms with Gasteiger partial charge in [0.05, 0.1) is 13.2 Å². The molecule has 1 atom stereocenters. The number of hydrogen-bond acceptors (Lipinski definition) is 5. The Bertz CT molecular complexity index is 717. The summed E-state index contributed by atoms with van der Waals surface area (Å²) in [5, 5.41) is 0. The summed E-state index contributed by atoms with van der Waals surface area (Å²) in [5.41, 5.74) is 8.31. The molecular formula is C20H25NO4. The zero-order valence-corrected chi connectivity index (χ0v) is 14.8. The second kappa shape index (κ2) is 8.12. The van der Waals surface area contributed by atoms with Crippen LogP contribution >= 0.6 is 0 Å². The molecule has 0 saturated carbocycles. The van der Waals surface area contributed by atoms with E-state index in [1.54, 1.807) is 0 Å². The van der Waals surface area contributed by atoms with Crippen LogP contribution in [-0.2, 0) is 6.42 Å². The summed E-state index contributed by atoms with van der Waals surface area (Å²) in [6.07, 6.45) is 0.770. The van der Waals surface area contributed by atoms with Gasteiger partial charge in [0.15, 0.2) is 23.0 Å². The van der Waals surface area contributed by atoms with Crippen LogP contribution in [0.25, 0.3) is 0 Å². The first-order chi connectivity index (χ1) is 12.3. The second-order valence-corrected chi connectivity index (χ2v) is 5.86. The van der Waals surface area contributed by atoms with E-state index >= 15 is 0 Å². The highest BCUT2D eigenvalue weighted by Gasteiger charge is 2.20. The zero-order valence-electron chi connectivity index (χ0n) is 14.8. The molecule has 3 rings (SSSR count). The number of para-hydroxylation sites is 1. The minimum Gasteiger partial charge on any atom is -0.490 e. The minimum atomic E-state index is 0.158. The van der Waals surface area contributed by atoms with Gasteiger partial charge in [-0.15, -0.1) is 0 Å². The average molecular weight is 343 g/mol. The predicted molar refractivity (Wildman–Crippen MR) is 96.8 cm³/mol. The molecule has 0 spiro atoms. The van der Waals surface area contributed by atoms with Crippen LogP contribution in [0.4, 0.5) is 0 Å². The molecule has 5 nitrogen and oxygen atoms in total. The Labute approximate surface area is 148 Å². The smallest absolute Gasteiger partial charge is 0.231 e. The Morgan fingerprint density at radius 2 is 1.84 bits per heavy atom. The zero-order chi connectivity index (χ0) is 17.6. The van der Waals surface area contributed by atoms with Crippen molar-refractivity contribution in [2.24, 2.45) is 5.73 Å². The Hall–Kier alpha value is -2.40. The molecule has 5 heteroatoms. The van der Waals surface area contributed by atoms with Crippen molar-refractivity contribution < 1.29 is 18.9 Å². The van der Waals surface area contributed by atoms with E-state index in [1.807, 2.05) is 38.1 Å². The van der Waals surface area contributed by atoms with Crippen LogP contribution in [-0.4, -0.2) is 26.6 Å². The van der Waals surface area contributed by atoms with Crippen molar-refractivity contribution in [3.05, 3.63) is 47.5 Å². The fourth-order valence-corrected chi connectivity index (χ4v) is 3.07. The van der Waals surface area contributed by atoms with Crippen molar-refractivity contribution in [2.75, 3.05) is 26.6 Å². The van der Waals surface area contributed by atoms with E-state index in [2.05, 4.69) is 12.1 Å². The van der Waals surface area contributed by atoms with Crippen LogP contribution in [0.2, 0.25) is 0 Å². The van der Waals surface area contributed by atoms with Crippen molar-refractivity contribution in [1.29, 1.82) is 0 Å². The third-order valence-electron chi connectivity index (χ3n) is 4.27. The Balaban J connectivity index is 1.87. The lowest BCUT2D eigenvalue weighted by Gasteiger charge is -2.20. The predicted octanol–water partition coefficient (Wildman–Crippen LogP) is 3.50. The lowest BCUT2D eigenvalue weighted by molar-refractivity contribution is 0.174. The SMILES string of the molecule is CCOc1cccc(CC(CN)c2ccc3c(c2)OCO3)c1OCC. The first-order valence-electron chi connectivity index (χ1n) is 8.73. The monoisotopic (exact) mass is 343 g/mol. The molecule has 0 saturated heterocycles. The molecule has 1 unspecified atom stereocenters. The first-order valence-corrected chi connectivity index (χ1v) is 8.73. The van der Waals surface area contributed by atoms with Gasteiger partial charge in [-0.25, -0.2) is 0 Å². The molecule has 134 valence electrons. The van der Waals surface area contributed by atoms with Crippen molar-refractivity contribution in [3.63, 3.8) is 0 Å². The van der Waals surface area contributed by atoms with E-state index in [1.165, 1.54) is 0 Å². The molecule has 2 N–H and O–H groups in total. The summed E-state index contributed by atoms with van der Waals surface area (Å²) in [4.78, 5) is 0. The molecule has 1 aliphatic heterocycles. The number of benzene rings is 2. The van der Waals surface area contributed by atoms with Gasteiger partial charge in [0.2, 0.25) is 6.79 Å². The number of ether oxygens (including phenoxy) is 4. The maximum atomic E-state index is 6.07. The fraction of sp³-hybridized carbons (Fsp3) is 0.400. The summed E-state index contributed by atoms with van der Waals surface area (Å²) < 4.78 is 22.5. The Morgan fingerprint density at radius 1 is 1.04 bits per heavy atom. The van der Waals surface area contributed by atoms with Crippen LogP contribution in [0, 0.1) is 0 Å². The van der Waals surface area contributed by atoms with Crippen molar-refractivity contribution in [1.82, 2.24) is 0 Å². The lowest BCUT2D eigenvalue weighted by Crippen LogP contribution is -2.16. The maximum absolute atomic E-state index is 6.07. The average Bonchev–Trinajstić information content (AvgIpc) is 3.10. The molecule has 0 bridgehead atoms. The Morgan fingerprint density at radius 3 is 2.60 bits per heavy atom. The molecule has 0 aliphatic carbocycles. The normalized spacial score (nSPS) is 13.6. The summed E-state index contributed by atoms with van der Waals surface area (Å²) >= 11 is 0. The lowest BCUT2D eigenvalue weighted by atomic mass is 9.91. The van der Waals surface area contributed by atoms with Crippen molar-refractivity contribution in [2.45, 2.75) is 26.2 Å². The molecule has 0 aromatic heterocycles. The summed E-state index contributed by atoms with van der Waals surface area (Å²) in [6, 6.07) is 12.0. The van der Waals surface area contributed by atoms with Gasteiger partial charge in [0.1, 0.15) is 0 Å². The summed E-state index contributed by atoms with van der Waals surface area (Å²) in [5.74, 6) is 3.32. The van der Waals surface area contributed by atoms with E-state index in [9.17, 15) is 0 Å². The summed E-state index contributed by atoms with van der Waals surface area (Å²) in [7, 11) is 0. The quantitative estimate of drug-likeness (QED) is 0.795. The van der Waals surface area contributed by atoms with Crippen LogP contribution in [0.1, 0.15) is 30.9 Å². The van der Waals surface area contributed by atoms with Crippen LogP contribution in [0.15, 0.2) is 36.4 Å². The van der Waals surface area contributed by atoms with Gasteiger partial charge in [-0.05, 0) is 56.1 Å². The molecule has 0 fully saturated rings. The number of hydrogen-bond donors (Lipinski definition) is 1. The van der Waals surface area contributed by atoms with Gasteiger partial charge in [0.25, 0.3) is 0 Å². The van der Waals surface area contributed by atoms with Gasteiger partial charge in [-0.3, -0.25) is 0 Å². The van der Waals surface area contributed by atoms with Crippen molar-refractivity contribution in [3.8, 4) is 23.0 Å². The molecular weight excluding hydrogens is 318 g/mol. The topological polar surface area (TPSA) is 62.9 Å². The summed E-state index contributed by atoms with van der Waals surface area (Å²) in [6.45, 7) is 5.95. The standard InChI is InChI=1S/C20H25NO4/c1-3-22-18-7-5-6-15(20(18)23-4-2)10-16(12-21)14-8-9-17-19(11-14)25-13-24-17/h5-9,11,16H,3-4,10,12-13,21H2,1-2H3. The van der Waals surface area contributed by atoms with E-state index in [0.717, 1.165) is 40.5 Å².